The molecule has 0 aliphatic heterocycles. The summed E-state index contributed by atoms with van der Waals surface area (Å²) in [6.45, 7) is 4.02. The summed E-state index contributed by atoms with van der Waals surface area (Å²) in [4.78, 5) is 0. The van der Waals surface area contributed by atoms with Crippen LogP contribution in [0.25, 0.3) is 6.08 Å². The van der Waals surface area contributed by atoms with Gasteiger partial charge in [-0.15, -0.1) is 0 Å². The summed E-state index contributed by atoms with van der Waals surface area (Å²) >= 11 is 5.13. The molecule has 1 N–H and O–H groups in total. The van der Waals surface area contributed by atoms with Gasteiger partial charge < -0.3 is 0 Å². The molecule has 19 heavy (non-hydrogen) atoms. The van der Waals surface area contributed by atoms with E-state index in [2.05, 4.69) is 33.5 Å². The second kappa shape index (κ2) is 6.24. The third-order valence-corrected chi connectivity index (χ3v) is 2.87. The number of H-pyrrole nitrogens is 1. The van der Waals surface area contributed by atoms with Gasteiger partial charge in [-0.2, -0.15) is 14.9 Å². The first kappa shape index (κ1) is 13.4. The quantitative estimate of drug-likeness (QED) is 0.684. The topological polar surface area (TPSA) is 46.0 Å². The highest BCUT2D eigenvalue weighted by Gasteiger charge is 2.00. The summed E-state index contributed by atoms with van der Waals surface area (Å²) in [5.41, 5.74) is 2.20. The van der Waals surface area contributed by atoms with Crippen LogP contribution in [0.2, 0.25) is 0 Å². The molecule has 2 rings (SSSR count). The second-order valence-electron chi connectivity index (χ2n) is 4.15. The molecule has 2 aromatic rings. The molecule has 0 aliphatic carbocycles. The SMILES string of the molecule is CCc1n[nH]c(=S)n1/N=C\C(C)=Cc1ccccc1. The minimum Gasteiger partial charge on any atom is -0.250 e. The van der Waals surface area contributed by atoms with Crippen molar-refractivity contribution in [2.45, 2.75) is 20.3 Å². The van der Waals surface area contributed by atoms with Crippen molar-refractivity contribution in [1.82, 2.24) is 14.9 Å². The molecule has 0 spiro atoms. The Balaban J connectivity index is 2.21. The van der Waals surface area contributed by atoms with Crippen LogP contribution in [-0.2, 0) is 6.42 Å². The van der Waals surface area contributed by atoms with Gasteiger partial charge in [-0.05, 0) is 30.3 Å². The predicted octanol–water partition coefficient (Wildman–Crippen LogP) is 3.44. The van der Waals surface area contributed by atoms with Crippen molar-refractivity contribution in [3.63, 3.8) is 0 Å². The van der Waals surface area contributed by atoms with E-state index in [1.54, 1.807) is 10.9 Å². The highest BCUT2D eigenvalue weighted by molar-refractivity contribution is 7.71. The van der Waals surface area contributed by atoms with Crippen LogP contribution in [0.15, 0.2) is 41.0 Å². The summed E-state index contributed by atoms with van der Waals surface area (Å²) < 4.78 is 2.16. The molecular weight excluding hydrogens is 256 g/mol. The molecule has 0 atom stereocenters. The van der Waals surface area contributed by atoms with Gasteiger partial charge in [0.05, 0.1) is 6.21 Å². The fraction of sp³-hybridized carbons (Fsp3) is 0.214. The summed E-state index contributed by atoms with van der Waals surface area (Å²) in [5, 5.41) is 11.2. The van der Waals surface area contributed by atoms with Crippen molar-refractivity contribution < 1.29 is 0 Å². The summed E-state index contributed by atoms with van der Waals surface area (Å²) in [5.74, 6) is 0.828. The molecule has 0 saturated heterocycles. The zero-order valence-corrected chi connectivity index (χ0v) is 11.8. The van der Waals surface area contributed by atoms with Crippen molar-refractivity contribution >= 4 is 24.5 Å². The Hall–Kier alpha value is -2.01. The third-order valence-electron chi connectivity index (χ3n) is 2.60. The lowest BCUT2D eigenvalue weighted by molar-refractivity contribution is 0.780. The van der Waals surface area contributed by atoms with Crippen LogP contribution in [0.5, 0.6) is 0 Å². The van der Waals surface area contributed by atoms with Crippen LogP contribution in [0.3, 0.4) is 0 Å². The normalized spacial score (nSPS) is 12.2. The molecule has 0 aliphatic rings. The van der Waals surface area contributed by atoms with Gasteiger partial charge in [-0.1, -0.05) is 43.3 Å². The van der Waals surface area contributed by atoms with Crippen LogP contribution in [0.4, 0.5) is 0 Å². The van der Waals surface area contributed by atoms with Crippen molar-refractivity contribution in [1.29, 1.82) is 0 Å². The minimum atomic E-state index is 0.514. The highest BCUT2D eigenvalue weighted by Crippen LogP contribution is 2.05. The zero-order chi connectivity index (χ0) is 13.7. The molecular formula is C14H16N4S. The first-order valence-electron chi connectivity index (χ1n) is 6.14. The van der Waals surface area contributed by atoms with Gasteiger partial charge in [-0.25, -0.2) is 0 Å². The molecule has 1 aromatic carbocycles. The lowest BCUT2D eigenvalue weighted by atomic mass is 10.1. The zero-order valence-electron chi connectivity index (χ0n) is 11.0. The van der Waals surface area contributed by atoms with Crippen LogP contribution >= 0.6 is 12.2 Å². The Kier molecular flexibility index (Phi) is 4.41. The third kappa shape index (κ3) is 3.48. The van der Waals surface area contributed by atoms with Gasteiger partial charge in [0.1, 0.15) is 0 Å². The molecule has 0 unspecified atom stereocenters. The largest absolute Gasteiger partial charge is 0.250 e. The van der Waals surface area contributed by atoms with E-state index in [1.807, 2.05) is 32.0 Å². The number of rotatable bonds is 4. The molecule has 0 saturated carbocycles. The fourth-order valence-corrected chi connectivity index (χ4v) is 1.87. The van der Waals surface area contributed by atoms with Crippen molar-refractivity contribution in [2.24, 2.45) is 5.10 Å². The first-order chi connectivity index (χ1) is 9.20. The molecule has 4 nitrogen and oxygen atoms in total. The first-order valence-corrected chi connectivity index (χ1v) is 6.55. The number of hydrogen-bond acceptors (Lipinski definition) is 3. The number of aromatic amines is 1. The van der Waals surface area contributed by atoms with Gasteiger partial charge in [0.15, 0.2) is 5.82 Å². The number of aryl methyl sites for hydroxylation is 1. The Bertz CT molecular complexity index is 650. The van der Waals surface area contributed by atoms with E-state index in [9.17, 15) is 0 Å². The maximum atomic E-state index is 5.13. The lowest BCUT2D eigenvalue weighted by Gasteiger charge is -1.97. The molecule has 98 valence electrons. The number of hydrogen-bond donors (Lipinski definition) is 1. The average Bonchev–Trinajstić information content (AvgIpc) is 2.78. The number of allylic oxidation sites excluding steroid dienone is 1. The predicted molar refractivity (Wildman–Crippen MR) is 80.8 cm³/mol. The van der Waals surface area contributed by atoms with E-state index in [-0.39, 0.29) is 0 Å². The molecule has 0 bridgehead atoms. The summed E-state index contributed by atoms with van der Waals surface area (Å²) in [6.07, 6.45) is 4.64. The molecule has 0 amide bonds. The van der Waals surface area contributed by atoms with Crippen molar-refractivity contribution in [3.8, 4) is 0 Å². The standard InChI is InChI=1S/C14H16N4S/c1-3-13-16-17-14(19)18(13)15-10-11(2)9-12-7-5-4-6-8-12/h4-10H,3H2,1-2H3,(H,17,19)/b11-9?,15-10-. The van der Waals surface area contributed by atoms with Gasteiger partial charge in [-0.3, -0.25) is 5.10 Å². The van der Waals surface area contributed by atoms with E-state index < -0.39 is 0 Å². The van der Waals surface area contributed by atoms with Crippen LogP contribution < -0.4 is 0 Å². The maximum absolute atomic E-state index is 5.13. The molecule has 5 heteroatoms. The van der Waals surface area contributed by atoms with Crippen LogP contribution in [0.1, 0.15) is 25.2 Å². The number of aromatic nitrogens is 3. The van der Waals surface area contributed by atoms with E-state index >= 15 is 0 Å². The molecule has 0 radical (unpaired) electrons. The molecule has 1 aromatic heterocycles. The Labute approximate surface area is 117 Å². The van der Waals surface area contributed by atoms with Crippen molar-refractivity contribution in [3.05, 3.63) is 52.1 Å². The number of nitrogens with zero attached hydrogens (tertiary/aromatic N) is 3. The molecule has 0 fully saturated rings. The summed E-state index contributed by atoms with van der Waals surface area (Å²) in [6, 6.07) is 10.1. The van der Waals surface area contributed by atoms with Gasteiger partial charge in [0.25, 0.3) is 0 Å². The van der Waals surface area contributed by atoms with Crippen molar-refractivity contribution in [2.75, 3.05) is 0 Å². The average molecular weight is 272 g/mol. The monoisotopic (exact) mass is 272 g/mol. The highest BCUT2D eigenvalue weighted by atomic mass is 32.1. The minimum absolute atomic E-state index is 0.514. The van der Waals surface area contributed by atoms with E-state index in [1.165, 1.54) is 0 Å². The van der Waals surface area contributed by atoms with Gasteiger partial charge >= 0.3 is 0 Å². The second-order valence-corrected chi connectivity index (χ2v) is 4.54. The Morgan fingerprint density at radius 3 is 2.84 bits per heavy atom. The maximum Gasteiger partial charge on any atom is 0.216 e. The Morgan fingerprint density at radius 1 is 1.42 bits per heavy atom. The Morgan fingerprint density at radius 2 is 2.16 bits per heavy atom. The lowest BCUT2D eigenvalue weighted by Crippen LogP contribution is -1.97. The van der Waals surface area contributed by atoms with Crippen LogP contribution in [-0.4, -0.2) is 21.1 Å². The summed E-state index contributed by atoms with van der Waals surface area (Å²) in [7, 11) is 0. The molecule has 1 heterocycles. The smallest absolute Gasteiger partial charge is 0.216 e. The van der Waals surface area contributed by atoms with Gasteiger partial charge in [0.2, 0.25) is 4.77 Å². The number of benzene rings is 1. The van der Waals surface area contributed by atoms with Gasteiger partial charge in [0, 0.05) is 6.42 Å². The van der Waals surface area contributed by atoms with E-state index in [0.29, 0.717) is 4.77 Å². The fourth-order valence-electron chi connectivity index (χ4n) is 1.67. The van der Waals surface area contributed by atoms with Crippen LogP contribution in [0, 0.1) is 4.77 Å². The van der Waals surface area contributed by atoms with E-state index in [0.717, 1.165) is 23.4 Å². The van der Waals surface area contributed by atoms with E-state index in [4.69, 9.17) is 12.2 Å². The number of nitrogens with one attached hydrogen (secondary N) is 1.